The lowest BCUT2D eigenvalue weighted by Crippen LogP contribution is -2.41. The Morgan fingerprint density at radius 3 is 2.21 bits per heavy atom. The van der Waals surface area contributed by atoms with E-state index in [0.29, 0.717) is 28.9 Å². The highest BCUT2D eigenvalue weighted by molar-refractivity contribution is 6.00. The summed E-state index contributed by atoms with van der Waals surface area (Å²) in [6, 6.07) is 12.1. The molecule has 2 aliphatic rings. The van der Waals surface area contributed by atoms with Crippen LogP contribution in [-0.4, -0.2) is 36.2 Å². The predicted octanol–water partition coefficient (Wildman–Crippen LogP) is 5.82. The number of hydrogen-bond acceptors (Lipinski definition) is 4. The number of carbonyl (C=O) groups is 1. The molecule has 34 heavy (non-hydrogen) atoms. The van der Waals surface area contributed by atoms with Crippen LogP contribution in [0, 0.1) is 5.41 Å². The van der Waals surface area contributed by atoms with Crippen LogP contribution in [0.3, 0.4) is 0 Å². The van der Waals surface area contributed by atoms with Crippen LogP contribution in [0.15, 0.2) is 53.7 Å². The minimum absolute atomic E-state index is 0.0204. The maximum Gasteiger partial charge on any atom is 0.416 e. The molecule has 4 rings (SSSR count). The Hall–Kier alpha value is -3.03. The number of hydrogen-bond donors (Lipinski definition) is 0. The Balaban J connectivity index is 1.25. The molecule has 1 saturated carbocycles. The van der Waals surface area contributed by atoms with Gasteiger partial charge in [-0.15, -0.1) is 0 Å². The topological polar surface area (TPSA) is 51.1 Å². The molecule has 0 atom stereocenters. The molecule has 1 spiro atoms. The van der Waals surface area contributed by atoms with Crippen LogP contribution in [0.5, 0.6) is 5.75 Å². The number of benzene rings is 2. The van der Waals surface area contributed by atoms with Crippen molar-refractivity contribution in [1.82, 2.24) is 4.90 Å². The van der Waals surface area contributed by atoms with Crippen LogP contribution in [0.25, 0.3) is 0 Å². The van der Waals surface area contributed by atoms with Gasteiger partial charge in [0.2, 0.25) is 0 Å². The van der Waals surface area contributed by atoms with Crippen molar-refractivity contribution in [2.75, 3.05) is 19.7 Å². The Kier molecular flexibility index (Phi) is 7.14. The lowest BCUT2D eigenvalue weighted by atomic mass is 9.94. The van der Waals surface area contributed by atoms with Gasteiger partial charge in [-0.3, -0.25) is 4.79 Å². The number of oxime groups is 1. The van der Waals surface area contributed by atoms with Gasteiger partial charge in [0, 0.05) is 13.1 Å². The molecule has 8 heteroatoms. The zero-order valence-electron chi connectivity index (χ0n) is 19.2. The summed E-state index contributed by atoms with van der Waals surface area (Å²) in [6.07, 6.45) is 1.08. The fourth-order valence-electron chi connectivity index (χ4n) is 4.18. The number of ether oxygens (including phenoxy) is 1. The Morgan fingerprint density at radius 2 is 1.65 bits per heavy atom. The third-order valence-electron chi connectivity index (χ3n) is 6.71. The van der Waals surface area contributed by atoms with E-state index in [0.717, 1.165) is 43.6 Å². The standard InChI is InChI=1S/C26H29F3N2O3/c1-2-23(30-34-17-19-3-7-21(8-4-19)26(27,28)29)20-5-9-22(10-6-20)33-18-24(32)31-15-13-25(11-12-25)14-16-31/h3-10H,2,11-18H2,1H3/b30-23-. The van der Waals surface area contributed by atoms with Gasteiger partial charge < -0.3 is 14.5 Å². The van der Waals surface area contributed by atoms with Crippen LogP contribution >= 0.6 is 0 Å². The highest BCUT2D eigenvalue weighted by Gasteiger charge is 2.45. The van der Waals surface area contributed by atoms with Crippen molar-refractivity contribution in [2.24, 2.45) is 10.6 Å². The van der Waals surface area contributed by atoms with E-state index in [1.54, 1.807) is 12.1 Å². The summed E-state index contributed by atoms with van der Waals surface area (Å²) in [7, 11) is 0. The first-order valence-corrected chi connectivity index (χ1v) is 11.6. The number of carbonyl (C=O) groups excluding carboxylic acids is 1. The molecule has 2 aromatic rings. The molecule has 1 aliphatic heterocycles. The summed E-state index contributed by atoms with van der Waals surface area (Å²) in [5.41, 5.74) is 1.99. The van der Waals surface area contributed by atoms with Crippen molar-refractivity contribution < 1.29 is 27.5 Å². The van der Waals surface area contributed by atoms with Gasteiger partial charge in [-0.1, -0.05) is 24.2 Å². The van der Waals surface area contributed by atoms with Crippen molar-refractivity contribution >= 4 is 11.6 Å². The van der Waals surface area contributed by atoms with Crippen molar-refractivity contribution in [2.45, 2.75) is 51.8 Å². The van der Waals surface area contributed by atoms with Crippen LogP contribution in [0.2, 0.25) is 0 Å². The van der Waals surface area contributed by atoms with E-state index in [1.165, 1.54) is 25.0 Å². The van der Waals surface area contributed by atoms with Crippen molar-refractivity contribution in [3.8, 4) is 5.75 Å². The summed E-state index contributed by atoms with van der Waals surface area (Å²) in [5, 5.41) is 4.15. The molecule has 1 saturated heterocycles. The average molecular weight is 475 g/mol. The fraction of sp³-hybridized carbons (Fsp3) is 0.462. The quantitative estimate of drug-likeness (QED) is 0.358. The summed E-state index contributed by atoms with van der Waals surface area (Å²) in [4.78, 5) is 19.7. The molecule has 0 aromatic heterocycles. The molecule has 2 fully saturated rings. The molecule has 2 aromatic carbocycles. The minimum Gasteiger partial charge on any atom is -0.484 e. The van der Waals surface area contributed by atoms with Gasteiger partial charge in [0.25, 0.3) is 5.91 Å². The van der Waals surface area contributed by atoms with E-state index < -0.39 is 11.7 Å². The SMILES string of the molecule is CC/C(=N/OCc1ccc(C(F)(F)F)cc1)c1ccc(OCC(=O)N2CCC3(CC2)CC3)cc1. The summed E-state index contributed by atoms with van der Waals surface area (Å²) >= 11 is 0. The first kappa shape index (κ1) is 24.1. The van der Waals surface area contributed by atoms with Crippen LogP contribution in [0.4, 0.5) is 13.2 Å². The smallest absolute Gasteiger partial charge is 0.416 e. The first-order chi connectivity index (χ1) is 16.3. The molecular formula is C26H29F3N2O3. The van der Waals surface area contributed by atoms with Gasteiger partial charge in [0.05, 0.1) is 11.3 Å². The van der Waals surface area contributed by atoms with Crippen LogP contribution < -0.4 is 4.74 Å². The lowest BCUT2D eigenvalue weighted by Gasteiger charge is -2.32. The van der Waals surface area contributed by atoms with Gasteiger partial charge in [-0.2, -0.15) is 13.2 Å². The number of halogens is 3. The fourth-order valence-corrected chi connectivity index (χ4v) is 4.18. The summed E-state index contributed by atoms with van der Waals surface area (Å²) in [5.74, 6) is 0.626. The van der Waals surface area contributed by atoms with Crippen molar-refractivity contribution in [3.05, 3.63) is 65.2 Å². The average Bonchev–Trinajstić information content (AvgIpc) is 3.59. The van der Waals surface area contributed by atoms with E-state index in [4.69, 9.17) is 9.57 Å². The van der Waals surface area contributed by atoms with Crippen LogP contribution in [0.1, 0.15) is 55.7 Å². The van der Waals surface area contributed by atoms with E-state index in [-0.39, 0.29) is 19.1 Å². The van der Waals surface area contributed by atoms with E-state index in [2.05, 4.69) is 5.16 Å². The summed E-state index contributed by atoms with van der Waals surface area (Å²) < 4.78 is 43.7. The van der Waals surface area contributed by atoms with Gasteiger partial charge in [-0.05, 0) is 85.0 Å². The third-order valence-corrected chi connectivity index (χ3v) is 6.71. The molecule has 1 heterocycles. The molecule has 0 unspecified atom stereocenters. The summed E-state index contributed by atoms with van der Waals surface area (Å²) in [6.45, 7) is 3.68. The van der Waals surface area contributed by atoms with Crippen molar-refractivity contribution in [3.63, 3.8) is 0 Å². The zero-order valence-corrected chi connectivity index (χ0v) is 19.2. The van der Waals surface area contributed by atoms with Gasteiger partial charge in [-0.25, -0.2) is 0 Å². The van der Waals surface area contributed by atoms with E-state index in [9.17, 15) is 18.0 Å². The minimum atomic E-state index is -4.36. The molecule has 1 amide bonds. The van der Waals surface area contributed by atoms with Crippen LogP contribution in [-0.2, 0) is 22.4 Å². The Morgan fingerprint density at radius 1 is 1.00 bits per heavy atom. The zero-order chi connectivity index (χ0) is 24.2. The lowest BCUT2D eigenvalue weighted by molar-refractivity contribution is -0.137. The maximum atomic E-state index is 12.7. The normalized spacial score (nSPS) is 17.5. The highest BCUT2D eigenvalue weighted by atomic mass is 19.4. The second-order valence-corrected chi connectivity index (χ2v) is 9.05. The van der Waals surface area contributed by atoms with Gasteiger partial charge in [0.1, 0.15) is 12.4 Å². The van der Waals surface area contributed by atoms with E-state index >= 15 is 0 Å². The van der Waals surface area contributed by atoms with E-state index in [1.807, 2.05) is 24.0 Å². The number of rotatable bonds is 8. The molecule has 0 bridgehead atoms. The molecule has 1 aliphatic carbocycles. The number of piperidine rings is 1. The van der Waals surface area contributed by atoms with Gasteiger partial charge in [0.15, 0.2) is 6.61 Å². The molecule has 182 valence electrons. The van der Waals surface area contributed by atoms with Crippen molar-refractivity contribution in [1.29, 1.82) is 0 Å². The number of nitrogens with zero attached hydrogens (tertiary/aromatic N) is 2. The Bertz CT molecular complexity index is 1000. The molecule has 5 nitrogen and oxygen atoms in total. The van der Waals surface area contributed by atoms with Gasteiger partial charge >= 0.3 is 6.18 Å². The maximum absolute atomic E-state index is 12.7. The Labute approximate surface area is 197 Å². The largest absolute Gasteiger partial charge is 0.484 e. The molecular weight excluding hydrogens is 445 g/mol. The molecule has 0 N–H and O–H groups in total. The number of likely N-dealkylation sites (tertiary alicyclic amines) is 1. The molecule has 0 radical (unpaired) electrons. The first-order valence-electron chi connectivity index (χ1n) is 11.6. The second-order valence-electron chi connectivity index (χ2n) is 9.05. The number of amides is 1. The highest BCUT2D eigenvalue weighted by Crippen LogP contribution is 2.53. The predicted molar refractivity (Wildman–Crippen MR) is 122 cm³/mol. The number of alkyl halides is 3. The third kappa shape index (κ3) is 6.10. The second kappa shape index (κ2) is 10.1. The monoisotopic (exact) mass is 474 g/mol.